The Labute approximate surface area is 119 Å². The van der Waals surface area contributed by atoms with Crippen LogP contribution < -0.4 is 0 Å². The molecular weight excluding hydrogens is 281 g/mol. The van der Waals surface area contributed by atoms with Gasteiger partial charge in [-0.25, -0.2) is 4.79 Å². The predicted octanol–water partition coefficient (Wildman–Crippen LogP) is 4.69. The quantitative estimate of drug-likeness (QED) is 0.872. The molecule has 0 spiro atoms. The van der Waals surface area contributed by atoms with Crippen LogP contribution in [0.15, 0.2) is 36.4 Å². The zero-order chi connectivity index (χ0) is 15.8. The average molecular weight is 294 g/mol. The molecule has 0 saturated heterocycles. The van der Waals surface area contributed by atoms with Crippen molar-refractivity contribution >= 4 is 5.97 Å². The highest BCUT2D eigenvalue weighted by molar-refractivity contribution is 5.90. The standard InChI is InChI=1S/C16H13F3O2/c1-9-3-4-11(15(20)21)8-14(9)13-6-5-12(7-10(13)2)16(17,18)19/h3-8H,1-2H3,(H,20,21). The third-order valence-electron chi connectivity index (χ3n) is 3.33. The van der Waals surface area contributed by atoms with Crippen molar-refractivity contribution in [1.82, 2.24) is 0 Å². The Morgan fingerprint density at radius 1 is 0.952 bits per heavy atom. The third kappa shape index (κ3) is 3.07. The van der Waals surface area contributed by atoms with Crippen LogP contribution in [0.3, 0.4) is 0 Å². The van der Waals surface area contributed by atoms with E-state index in [1.807, 2.05) is 0 Å². The first-order chi connectivity index (χ1) is 9.70. The molecule has 2 nitrogen and oxygen atoms in total. The van der Waals surface area contributed by atoms with Gasteiger partial charge in [-0.1, -0.05) is 12.1 Å². The Hall–Kier alpha value is -2.30. The van der Waals surface area contributed by atoms with Gasteiger partial charge in [-0.05, 0) is 60.4 Å². The molecule has 5 heteroatoms. The van der Waals surface area contributed by atoms with Crippen molar-refractivity contribution in [1.29, 1.82) is 0 Å². The molecule has 2 aromatic carbocycles. The summed E-state index contributed by atoms with van der Waals surface area (Å²) in [6.07, 6.45) is -4.39. The van der Waals surface area contributed by atoms with E-state index in [0.717, 1.165) is 17.7 Å². The smallest absolute Gasteiger partial charge is 0.416 e. The lowest BCUT2D eigenvalue weighted by molar-refractivity contribution is -0.137. The lowest BCUT2D eigenvalue weighted by atomic mass is 9.93. The summed E-state index contributed by atoms with van der Waals surface area (Å²) < 4.78 is 38.0. The number of aryl methyl sites for hydroxylation is 2. The van der Waals surface area contributed by atoms with E-state index in [4.69, 9.17) is 5.11 Å². The molecule has 21 heavy (non-hydrogen) atoms. The van der Waals surface area contributed by atoms with Crippen molar-refractivity contribution in [3.8, 4) is 11.1 Å². The van der Waals surface area contributed by atoms with Crippen LogP contribution in [-0.2, 0) is 6.18 Å². The number of carboxylic acid groups (broad SMARTS) is 1. The number of alkyl halides is 3. The molecule has 1 N–H and O–H groups in total. The summed E-state index contributed by atoms with van der Waals surface area (Å²) in [7, 11) is 0. The fourth-order valence-corrected chi connectivity index (χ4v) is 2.19. The molecule has 0 unspecified atom stereocenters. The van der Waals surface area contributed by atoms with Crippen molar-refractivity contribution in [2.24, 2.45) is 0 Å². The van der Waals surface area contributed by atoms with Gasteiger partial charge in [0, 0.05) is 0 Å². The number of halogens is 3. The van der Waals surface area contributed by atoms with E-state index in [2.05, 4.69) is 0 Å². The summed E-state index contributed by atoms with van der Waals surface area (Å²) in [4.78, 5) is 11.0. The maximum Gasteiger partial charge on any atom is 0.416 e. The van der Waals surface area contributed by atoms with Gasteiger partial charge in [0.1, 0.15) is 0 Å². The number of hydrogen-bond acceptors (Lipinski definition) is 1. The number of benzene rings is 2. The first kappa shape index (κ1) is 15.1. The van der Waals surface area contributed by atoms with Gasteiger partial charge in [0.05, 0.1) is 11.1 Å². The molecule has 0 atom stereocenters. The van der Waals surface area contributed by atoms with E-state index in [9.17, 15) is 18.0 Å². The number of rotatable bonds is 2. The zero-order valence-corrected chi connectivity index (χ0v) is 11.5. The van der Waals surface area contributed by atoms with E-state index >= 15 is 0 Å². The second-order valence-corrected chi connectivity index (χ2v) is 4.86. The topological polar surface area (TPSA) is 37.3 Å². The van der Waals surface area contributed by atoms with Gasteiger partial charge in [0.25, 0.3) is 0 Å². The van der Waals surface area contributed by atoms with Crippen molar-refractivity contribution in [2.75, 3.05) is 0 Å². The van der Waals surface area contributed by atoms with E-state index in [1.54, 1.807) is 19.9 Å². The number of hydrogen-bond donors (Lipinski definition) is 1. The molecule has 0 aliphatic carbocycles. The lowest BCUT2D eigenvalue weighted by Gasteiger charge is -2.13. The molecule has 0 heterocycles. The fraction of sp³-hybridized carbons (Fsp3) is 0.188. The second kappa shape index (κ2) is 5.24. The maximum atomic E-state index is 12.7. The molecule has 2 aromatic rings. The first-order valence-corrected chi connectivity index (χ1v) is 6.22. The van der Waals surface area contributed by atoms with Gasteiger partial charge in [-0.2, -0.15) is 13.2 Å². The van der Waals surface area contributed by atoms with E-state index in [-0.39, 0.29) is 5.56 Å². The third-order valence-corrected chi connectivity index (χ3v) is 3.33. The van der Waals surface area contributed by atoms with E-state index in [0.29, 0.717) is 16.7 Å². The summed E-state index contributed by atoms with van der Waals surface area (Å²) >= 11 is 0. The Balaban J connectivity index is 2.57. The molecule has 0 radical (unpaired) electrons. The van der Waals surface area contributed by atoms with Crippen molar-refractivity contribution in [3.63, 3.8) is 0 Å². The summed E-state index contributed by atoms with van der Waals surface area (Å²) in [5.41, 5.74) is 1.88. The first-order valence-electron chi connectivity index (χ1n) is 6.22. The van der Waals surface area contributed by atoms with Crippen LogP contribution in [0.2, 0.25) is 0 Å². The van der Waals surface area contributed by atoms with Crippen LogP contribution in [0.4, 0.5) is 13.2 Å². The Bertz CT molecular complexity index is 703. The maximum absolute atomic E-state index is 12.7. The van der Waals surface area contributed by atoms with Gasteiger partial charge in [0.15, 0.2) is 0 Å². The van der Waals surface area contributed by atoms with Crippen molar-refractivity contribution < 1.29 is 23.1 Å². The molecule has 0 amide bonds. The van der Waals surface area contributed by atoms with Gasteiger partial charge < -0.3 is 5.11 Å². The monoisotopic (exact) mass is 294 g/mol. The number of carboxylic acids is 1. The fourth-order valence-electron chi connectivity index (χ4n) is 2.19. The molecular formula is C16H13F3O2. The van der Waals surface area contributed by atoms with Gasteiger partial charge in [0.2, 0.25) is 0 Å². The molecule has 0 aliphatic rings. The SMILES string of the molecule is Cc1cc(C(F)(F)F)ccc1-c1cc(C(=O)O)ccc1C. The highest BCUT2D eigenvalue weighted by Gasteiger charge is 2.30. The number of carbonyl (C=O) groups is 1. The highest BCUT2D eigenvalue weighted by Crippen LogP contribution is 2.34. The van der Waals surface area contributed by atoms with Crippen LogP contribution >= 0.6 is 0 Å². The largest absolute Gasteiger partial charge is 0.478 e. The normalized spacial score (nSPS) is 11.5. The Morgan fingerprint density at radius 2 is 1.62 bits per heavy atom. The van der Waals surface area contributed by atoms with Crippen LogP contribution in [0.1, 0.15) is 27.0 Å². The highest BCUT2D eigenvalue weighted by atomic mass is 19.4. The minimum Gasteiger partial charge on any atom is -0.478 e. The molecule has 0 saturated carbocycles. The summed E-state index contributed by atoms with van der Waals surface area (Å²) in [6, 6.07) is 8.06. The molecule has 2 rings (SSSR count). The lowest BCUT2D eigenvalue weighted by Crippen LogP contribution is -2.05. The van der Waals surface area contributed by atoms with Crippen LogP contribution in [0, 0.1) is 13.8 Å². The molecule has 0 fully saturated rings. The molecule has 0 aromatic heterocycles. The predicted molar refractivity (Wildman–Crippen MR) is 73.3 cm³/mol. The van der Waals surface area contributed by atoms with E-state index in [1.165, 1.54) is 18.2 Å². The van der Waals surface area contributed by atoms with Gasteiger partial charge >= 0.3 is 12.1 Å². The Morgan fingerprint density at radius 3 is 2.14 bits per heavy atom. The Kier molecular flexibility index (Phi) is 3.77. The van der Waals surface area contributed by atoms with Crippen LogP contribution in [0.25, 0.3) is 11.1 Å². The second-order valence-electron chi connectivity index (χ2n) is 4.86. The molecule has 0 bridgehead atoms. The minimum atomic E-state index is -4.39. The summed E-state index contributed by atoms with van der Waals surface area (Å²) in [5, 5.41) is 9.02. The van der Waals surface area contributed by atoms with Crippen molar-refractivity contribution in [3.05, 3.63) is 58.7 Å². The molecule has 0 aliphatic heterocycles. The van der Waals surface area contributed by atoms with Gasteiger partial charge in [-0.15, -0.1) is 0 Å². The van der Waals surface area contributed by atoms with Crippen LogP contribution in [0.5, 0.6) is 0 Å². The number of aromatic carboxylic acids is 1. The summed E-state index contributed by atoms with van der Waals surface area (Å²) in [6.45, 7) is 3.37. The summed E-state index contributed by atoms with van der Waals surface area (Å²) in [5.74, 6) is -1.07. The molecule has 110 valence electrons. The van der Waals surface area contributed by atoms with E-state index < -0.39 is 17.7 Å². The minimum absolute atomic E-state index is 0.106. The zero-order valence-electron chi connectivity index (χ0n) is 11.5. The average Bonchev–Trinajstić information content (AvgIpc) is 2.38. The van der Waals surface area contributed by atoms with Crippen molar-refractivity contribution in [2.45, 2.75) is 20.0 Å². The van der Waals surface area contributed by atoms with Gasteiger partial charge in [-0.3, -0.25) is 0 Å². The van der Waals surface area contributed by atoms with Crippen LogP contribution in [-0.4, -0.2) is 11.1 Å².